The number of aromatic nitrogens is 2. The first-order valence-electron chi connectivity index (χ1n) is 10.2. The van der Waals surface area contributed by atoms with Crippen molar-refractivity contribution in [2.24, 2.45) is 0 Å². The van der Waals surface area contributed by atoms with Crippen LogP contribution in [0.2, 0.25) is 0 Å². The second-order valence-corrected chi connectivity index (χ2v) is 7.98. The van der Waals surface area contributed by atoms with Crippen molar-refractivity contribution in [2.75, 3.05) is 32.7 Å². The fraction of sp³-hybridized carbons (Fsp3) is 0.500. The lowest BCUT2D eigenvalue weighted by Crippen LogP contribution is -2.51. The van der Waals surface area contributed by atoms with Crippen LogP contribution in [0.4, 0.5) is 0 Å². The van der Waals surface area contributed by atoms with Crippen LogP contribution in [0, 0.1) is 13.8 Å². The molecule has 0 aliphatic carbocycles. The first kappa shape index (κ1) is 21.0. The average Bonchev–Trinajstić information content (AvgIpc) is 2.95. The molecule has 0 bridgehead atoms. The van der Waals surface area contributed by atoms with E-state index < -0.39 is 0 Å². The summed E-state index contributed by atoms with van der Waals surface area (Å²) in [4.78, 5) is 29.1. The molecule has 2 aromatic rings. The molecule has 29 heavy (non-hydrogen) atoms. The van der Waals surface area contributed by atoms with Gasteiger partial charge in [-0.2, -0.15) is 5.10 Å². The Morgan fingerprint density at radius 3 is 2.34 bits per heavy atom. The van der Waals surface area contributed by atoms with E-state index in [0.717, 1.165) is 17.0 Å². The number of nitrogens with one attached hydrogen (secondary N) is 1. The lowest BCUT2D eigenvalue weighted by Gasteiger charge is -2.34. The number of aryl methyl sites for hydroxylation is 1. The Labute approximate surface area is 172 Å². The summed E-state index contributed by atoms with van der Waals surface area (Å²) in [5.41, 5.74) is 3.52. The Balaban J connectivity index is 1.62. The van der Waals surface area contributed by atoms with Crippen molar-refractivity contribution in [3.05, 3.63) is 52.8 Å². The Kier molecular flexibility index (Phi) is 6.69. The van der Waals surface area contributed by atoms with Gasteiger partial charge in [0, 0.05) is 37.9 Å². The van der Waals surface area contributed by atoms with Gasteiger partial charge in [0.25, 0.3) is 5.91 Å². The number of carbonyl (C=O) groups is 2. The van der Waals surface area contributed by atoms with Crippen molar-refractivity contribution in [2.45, 2.75) is 40.3 Å². The van der Waals surface area contributed by atoms with Gasteiger partial charge in [-0.25, -0.2) is 0 Å². The van der Waals surface area contributed by atoms with Gasteiger partial charge < -0.3 is 10.2 Å². The lowest BCUT2D eigenvalue weighted by molar-refractivity contribution is -0.123. The zero-order chi connectivity index (χ0) is 21.0. The van der Waals surface area contributed by atoms with Crippen molar-refractivity contribution in [3.63, 3.8) is 0 Å². The minimum Gasteiger partial charge on any atom is -0.353 e. The Morgan fingerprint density at radius 1 is 1.07 bits per heavy atom. The third-order valence-corrected chi connectivity index (χ3v) is 5.25. The van der Waals surface area contributed by atoms with Crippen LogP contribution in [0.15, 0.2) is 30.3 Å². The summed E-state index contributed by atoms with van der Waals surface area (Å²) in [6, 6.07) is 10.3. The lowest BCUT2D eigenvalue weighted by atomic mass is 10.1. The Bertz CT molecular complexity index is 852. The SMILES string of the molecule is Cc1nn(Cc2ccccc2)c(C)c1C(=O)N1CCN(CC(=O)NC(C)C)CC1. The number of hydrogen-bond acceptors (Lipinski definition) is 4. The van der Waals surface area contributed by atoms with Gasteiger partial charge in [0.15, 0.2) is 0 Å². The monoisotopic (exact) mass is 397 g/mol. The zero-order valence-electron chi connectivity index (χ0n) is 17.8. The zero-order valence-corrected chi connectivity index (χ0v) is 17.8. The largest absolute Gasteiger partial charge is 0.353 e. The van der Waals surface area contributed by atoms with Gasteiger partial charge >= 0.3 is 0 Å². The molecule has 2 heterocycles. The van der Waals surface area contributed by atoms with E-state index in [-0.39, 0.29) is 17.9 Å². The summed E-state index contributed by atoms with van der Waals surface area (Å²) in [6.07, 6.45) is 0. The van der Waals surface area contributed by atoms with Crippen molar-refractivity contribution < 1.29 is 9.59 Å². The number of carbonyl (C=O) groups excluding carboxylic acids is 2. The molecule has 0 spiro atoms. The third-order valence-electron chi connectivity index (χ3n) is 5.25. The summed E-state index contributed by atoms with van der Waals surface area (Å²) in [7, 11) is 0. The Morgan fingerprint density at radius 2 is 1.72 bits per heavy atom. The van der Waals surface area contributed by atoms with Crippen LogP contribution in [0.1, 0.15) is 41.2 Å². The summed E-state index contributed by atoms with van der Waals surface area (Å²) in [6.45, 7) is 11.5. The normalized spacial score (nSPS) is 15.0. The van der Waals surface area contributed by atoms with Crippen molar-refractivity contribution >= 4 is 11.8 Å². The summed E-state index contributed by atoms with van der Waals surface area (Å²) >= 11 is 0. The molecule has 0 unspecified atom stereocenters. The molecule has 0 radical (unpaired) electrons. The second-order valence-electron chi connectivity index (χ2n) is 7.98. The van der Waals surface area contributed by atoms with E-state index >= 15 is 0 Å². The topological polar surface area (TPSA) is 70.5 Å². The molecule has 1 saturated heterocycles. The van der Waals surface area contributed by atoms with Gasteiger partial charge in [-0.05, 0) is 33.3 Å². The number of benzene rings is 1. The molecule has 1 N–H and O–H groups in total. The first-order chi connectivity index (χ1) is 13.8. The number of amides is 2. The van der Waals surface area contributed by atoms with Gasteiger partial charge in [0.2, 0.25) is 5.91 Å². The van der Waals surface area contributed by atoms with Gasteiger partial charge in [-0.1, -0.05) is 30.3 Å². The fourth-order valence-electron chi connectivity index (χ4n) is 3.75. The number of piperazine rings is 1. The van der Waals surface area contributed by atoms with Crippen LogP contribution in [-0.2, 0) is 11.3 Å². The summed E-state index contributed by atoms with van der Waals surface area (Å²) in [5, 5.41) is 7.52. The van der Waals surface area contributed by atoms with Crippen LogP contribution >= 0.6 is 0 Å². The average molecular weight is 398 g/mol. The highest BCUT2D eigenvalue weighted by Crippen LogP contribution is 2.18. The third kappa shape index (κ3) is 5.23. The van der Waals surface area contributed by atoms with Gasteiger partial charge in [0.05, 0.1) is 24.3 Å². The number of rotatable bonds is 6. The maximum Gasteiger partial charge on any atom is 0.257 e. The van der Waals surface area contributed by atoms with E-state index in [9.17, 15) is 9.59 Å². The molecule has 1 aliphatic heterocycles. The maximum absolute atomic E-state index is 13.2. The molecule has 0 saturated carbocycles. The first-order valence-corrected chi connectivity index (χ1v) is 10.2. The van der Waals surface area contributed by atoms with Gasteiger partial charge in [-0.3, -0.25) is 19.2 Å². The number of nitrogens with zero attached hydrogens (tertiary/aromatic N) is 4. The summed E-state index contributed by atoms with van der Waals surface area (Å²) < 4.78 is 1.91. The maximum atomic E-state index is 13.2. The van der Waals surface area contributed by atoms with Crippen molar-refractivity contribution in [1.29, 1.82) is 0 Å². The van der Waals surface area contributed by atoms with Crippen molar-refractivity contribution in [1.82, 2.24) is 24.9 Å². The van der Waals surface area contributed by atoms with E-state index in [2.05, 4.69) is 27.4 Å². The molecule has 7 nitrogen and oxygen atoms in total. The van der Waals surface area contributed by atoms with E-state index in [1.165, 1.54) is 0 Å². The van der Waals surface area contributed by atoms with Gasteiger partial charge in [-0.15, -0.1) is 0 Å². The van der Waals surface area contributed by atoms with Gasteiger partial charge in [0.1, 0.15) is 0 Å². The molecule has 1 fully saturated rings. The highest BCUT2D eigenvalue weighted by molar-refractivity contribution is 5.96. The second kappa shape index (κ2) is 9.22. The molecule has 3 rings (SSSR count). The predicted octanol–water partition coefficient (Wildman–Crippen LogP) is 1.83. The summed E-state index contributed by atoms with van der Waals surface area (Å²) in [5.74, 6) is 0.0687. The molecule has 156 valence electrons. The number of hydrogen-bond donors (Lipinski definition) is 1. The minimum absolute atomic E-state index is 0.0330. The quantitative estimate of drug-likeness (QED) is 0.807. The molecule has 1 aromatic heterocycles. The van der Waals surface area contributed by atoms with Crippen LogP contribution in [0.3, 0.4) is 0 Å². The minimum atomic E-state index is 0.0330. The van der Waals surface area contributed by atoms with E-state index in [1.54, 1.807) is 0 Å². The molecular weight excluding hydrogens is 366 g/mol. The smallest absolute Gasteiger partial charge is 0.257 e. The molecule has 1 aliphatic rings. The molecule has 0 atom stereocenters. The van der Waals surface area contributed by atoms with Crippen molar-refractivity contribution in [3.8, 4) is 0 Å². The van der Waals surface area contributed by atoms with E-state index in [0.29, 0.717) is 44.8 Å². The fourth-order valence-corrected chi connectivity index (χ4v) is 3.75. The van der Waals surface area contributed by atoms with E-state index in [1.807, 2.05) is 55.5 Å². The standard InChI is InChI=1S/C22H31N5O2/c1-16(2)23-20(28)15-25-10-12-26(13-11-25)22(29)21-17(3)24-27(18(21)4)14-19-8-6-5-7-9-19/h5-9,16H,10-15H2,1-4H3,(H,23,28). The predicted molar refractivity (Wildman–Crippen MR) is 113 cm³/mol. The van der Waals surface area contributed by atoms with E-state index in [4.69, 9.17) is 0 Å². The highest BCUT2D eigenvalue weighted by atomic mass is 16.2. The molecule has 1 aromatic carbocycles. The Hall–Kier alpha value is -2.67. The molecular formula is C22H31N5O2. The molecule has 7 heteroatoms. The van der Waals surface area contributed by atoms with Crippen LogP contribution in [-0.4, -0.2) is 70.2 Å². The van der Waals surface area contributed by atoms with Crippen LogP contribution in [0.5, 0.6) is 0 Å². The highest BCUT2D eigenvalue weighted by Gasteiger charge is 2.27. The molecule has 2 amide bonds. The van der Waals surface area contributed by atoms with Crippen LogP contribution < -0.4 is 5.32 Å². The van der Waals surface area contributed by atoms with Crippen LogP contribution in [0.25, 0.3) is 0 Å².